The Hall–Kier alpha value is -3.91. The van der Waals surface area contributed by atoms with Crippen LogP contribution in [0.25, 0.3) is 16.6 Å². The normalized spacial score (nSPS) is 13.9. The third-order valence-corrected chi connectivity index (χ3v) is 6.38. The number of carbonyl (C=O) groups is 1. The average molecular weight is 473 g/mol. The quantitative estimate of drug-likeness (QED) is 0.477. The number of ether oxygens (including phenoxy) is 1. The van der Waals surface area contributed by atoms with Gasteiger partial charge in [0.15, 0.2) is 0 Å². The van der Waals surface area contributed by atoms with Gasteiger partial charge in [0.2, 0.25) is 5.95 Å². The topological polar surface area (TPSA) is 89.6 Å². The van der Waals surface area contributed by atoms with Gasteiger partial charge in [0.25, 0.3) is 11.5 Å². The molecule has 180 valence electrons. The summed E-state index contributed by atoms with van der Waals surface area (Å²) in [4.78, 5) is 33.5. The lowest BCUT2D eigenvalue weighted by molar-refractivity contribution is 0.0948. The summed E-state index contributed by atoms with van der Waals surface area (Å²) in [6, 6.07) is 14.7. The predicted octanol–water partition coefficient (Wildman–Crippen LogP) is 3.67. The summed E-state index contributed by atoms with van der Waals surface area (Å²) in [6.45, 7) is 8.61. The van der Waals surface area contributed by atoms with Crippen LogP contribution in [-0.4, -0.2) is 41.8 Å². The first-order valence-corrected chi connectivity index (χ1v) is 11.7. The lowest BCUT2D eigenvalue weighted by atomic mass is 10.1. The van der Waals surface area contributed by atoms with Crippen LogP contribution in [0.2, 0.25) is 0 Å². The molecule has 0 atom stereocenters. The number of aryl methyl sites for hydroxylation is 3. The van der Waals surface area contributed by atoms with Crippen molar-refractivity contribution in [2.24, 2.45) is 0 Å². The minimum absolute atomic E-state index is 0.169. The van der Waals surface area contributed by atoms with Crippen molar-refractivity contribution < 1.29 is 13.9 Å². The van der Waals surface area contributed by atoms with Crippen LogP contribution in [0.3, 0.4) is 0 Å². The number of furan rings is 1. The van der Waals surface area contributed by atoms with Crippen LogP contribution in [0.1, 0.15) is 33.0 Å². The lowest BCUT2D eigenvalue weighted by Crippen LogP contribution is -2.40. The molecule has 2 aromatic carbocycles. The van der Waals surface area contributed by atoms with Gasteiger partial charge in [0.1, 0.15) is 11.5 Å². The van der Waals surface area contributed by atoms with Gasteiger partial charge in [-0.05, 0) is 74.4 Å². The molecule has 8 heteroatoms. The summed E-state index contributed by atoms with van der Waals surface area (Å²) in [5.74, 6) is 1.77. The first kappa shape index (κ1) is 22.9. The number of hydrogen-bond donors (Lipinski definition) is 1. The molecular formula is C27H28N4O4. The number of fused-ring (bicyclic) bond motifs is 1. The molecule has 4 aromatic rings. The molecule has 1 aliphatic heterocycles. The van der Waals surface area contributed by atoms with Crippen LogP contribution in [0.5, 0.6) is 0 Å². The molecule has 1 saturated heterocycles. The van der Waals surface area contributed by atoms with Gasteiger partial charge in [-0.25, -0.2) is 9.55 Å². The van der Waals surface area contributed by atoms with E-state index in [2.05, 4.69) is 10.2 Å². The average Bonchev–Trinajstić information content (AvgIpc) is 3.29. The van der Waals surface area contributed by atoms with Crippen molar-refractivity contribution >= 4 is 22.8 Å². The highest BCUT2D eigenvalue weighted by Crippen LogP contribution is 2.23. The molecule has 3 heterocycles. The Morgan fingerprint density at radius 2 is 1.80 bits per heavy atom. The van der Waals surface area contributed by atoms with E-state index in [9.17, 15) is 9.59 Å². The minimum atomic E-state index is -0.256. The largest absolute Gasteiger partial charge is 0.465 e. The van der Waals surface area contributed by atoms with Crippen molar-refractivity contribution in [1.82, 2.24) is 14.9 Å². The third-order valence-electron chi connectivity index (χ3n) is 6.38. The highest BCUT2D eigenvalue weighted by atomic mass is 16.5. The maximum Gasteiger partial charge on any atom is 0.267 e. The second-order valence-corrected chi connectivity index (χ2v) is 8.85. The Bertz CT molecular complexity index is 1460. The molecule has 1 amide bonds. The number of anilines is 1. The van der Waals surface area contributed by atoms with E-state index in [1.165, 1.54) is 0 Å². The SMILES string of the molecule is Cc1ccc(CNC(=O)c2ccc3c(=O)n(-c4ccc(C)c(C)c4)c(N4CCOCC4)nc3c2)o1. The highest BCUT2D eigenvalue weighted by molar-refractivity contribution is 5.97. The zero-order chi connectivity index (χ0) is 24.5. The molecule has 0 bridgehead atoms. The van der Waals surface area contributed by atoms with Gasteiger partial charge < -0.3 is 19.4 Å². The Kier molecular flexibility index (Phi) is 6.13. The van der Waals surface area contributed by atoms with Crippen molar-refractivity contribution in [1.29, 1.82) is 0 Å². The number of amides is 1. The Balaban J connectivity index is 1.56. The molecule has 1 fully saturated rings. The van der Waals surface area contributed by atoms with E-state index in [1.54, 1.807) is 22.8 Å². The fourth-order valence-electron chi connectivity index (χ4n) is 4.24. The van der Waals surface area contributed by atoms with Crippen LogP contribution in [0.4, 0.5) is 5.95 Å². The van der Waals surface area contributed by atoms with Crippen molar-refractivity contribution in [3.05, 3.63) is 87.1 Å². The van der Waals surface area contributed by atoms with Gasteiger partial charge >= 0.3 is 0 Å². The number of morpholine rings is 1. The smallest absolute Gasteiger partial charge is 0.267 e. The van der Waals surface area contributed by atoms with Crippen LogP contribution >= 0.6 is 0 Å². The monoisotopic (exact) mass is 472 g/mol. The maximum absolute atomic E-state index is 13.7. The lowest BCUT2D eigenvalue weighted by Gasteiger charge is -2.30. The fraction of sp³-hybridized carbons (Fsp3) is 0.296. The number of hydrogen-bond acceptors (Lipinski definition) is 6. The van der Waals surface area contributed by atoms with Gasteiger partial charge in [-0.15, -0.1) is 0 Å². The van der Waals surface area contributed by atoms with Crippen molar-refractivity contribution in [2.75, 3.05) is 31.2 Å². The van der Waals surface area contributed by atoms with Crippen LogP contribution in [0, 0.1) is 20.8 Å². The second-order valence-electron chi connectivity index (χ2n) is 8.85. The van der Waals surface area contributed by atoms with Gasteiger partial charge in [-0.1, -0.05) is 6.07 Å². The van der Waals surface area contributed by atoms with Crippen molar-refractivity contribution in [3.63, 3.8) is 0 Å². The zero-order valence-corrected chi connectivity index (χ0v) is 20.1. The third kappa shape index (κ3) is 4.57. The molecule has 5 rings (SSSR count). The molecule has 0 aliphatic carbocycles. The first-order chi connectivity index (χ1) is 16.9. The minimum Gasteiger partial charge on any atom is -0.465 e. The fourth-order valence-corrected chi connectivity index (χ4v) is 4.24. The molecule has 0 radical (unpaired) electrons. The summed E-state index contributed by atoms with van der Waals surface area (Å²) in [6.07, 6.45) is 0. The Labute approximate surface area is 203 Å². The van der Waals surface area contributed by atoms with Crippen LogP contribution in [-0.2, 0) is 11.3 Å². The molecule has 8 nitrogen and oxygen atoms in total. The van der Waals surface area contributed by atoms with Gasteiger partial charge in [-0.2, -0.15) is 0 Å². The van der Waals surface area contributed by atoms with E-state index in [1.807, 2.05) is 51.1 Å². The van der Waals surface area contributed by atoms with Gasteiger partial charge in [-0.3, -0.25) is 9.59 Å². The van der Waals surface area contributed by atoms with E-state index < -0.39 is 0 Å². The summed E-state index contributed by atoms with van der Waals surface area (Å²) < 4.78 is 12.7. The molecular weight excluding hydrogens is 444 g/mol. The second kappa shape index (κ2) is 9.38. The van der Waals surface area contributed by atoms with Crippen molar-refractivity contribution in [3.8, 4) is 5.69 Å². The number of nitrogens with one attached hydrogen (secondary N) is 1. The number of nitrogens with zero attached hydrogens (tertiary/aromatic N) is 3. The molecule has 0 saturated carbocycles. The zero-order valence-electron chi connectivity index (χ0n) is 20.1. The Morgan fingerprint density at radius 3 is 2.51 bits per heavy atom. The highest BCUT2D eigenvalue weighted by Gasteiger charge is 2.21. The standard InChI is InChI=1S/C27H28N4O4/c1-17-4-7-21(14-18(17)2)31-26(33)23-9-6-20(25(32)28-16-22-8-5-19(3)35-22)15-24(23)29-27(31)30-10-12-34-13-11-30/h4-9,14-15H,10-13,16H2,1-3H3,(H,28,32). The molecule has 1 aliphatic rings. The summed E-state index contributed by atoms with van der Waals surface area (Å²) in [5, 5.41) is 3.32. The van der Waals surface area contributed by atoms with Crippen molar-refractivity contribution in [2.45, 2.75) is 27.3 Å². The number of carbonyl (C=O) groups excluding carboxylic acids is 1. The molecule has 35 heavy (non-hydrogen) atoms. The van der Waals surface area contributed by atoms with Crippen LogP contribution in [0.15, 0.2) is 57.7 Å². The van der Waals surface area contributed by atoms with E-state index in [4.69, 9.17) is 14.1 Å². The van der Waals surface area contributed by atoms with Crippen LogP contribution < -0.4 is 15.8 Å². The van der Waals surface area contributed by atoms with E-state index in [0.717, 1.165) is 22.6 Å². The van der Waals surface area contributed by atoms with E-state index in [-0.39, 0.29) is 18.0 Å². The van der Waals surface area contributed by atoms with E-state index in [0.29, 0.717) is 54.5 Å². The molecule has 0 spiro atoms. The van der Waals surface area contributed by atoms with E-state index >= 15 is 0 Å². The molecule has 1 N–H and O–H groups in total. The molecule has 2 aromatic heterocycles. The molecule has 0 unspecified atom stereocenters. The summed E-state index contributed by atoms with van der Waals surface area (Å²) in [5.41, 5.74) is 3.77. The van der Waals surface area contributed by atoms with Gasteiger partial charge in [0, 0.05) is 18.7 Å². The predicted molar refractivity (Wildman–Crippen MR) is 134 cm³/mol. The number of aromatic nitrogens is 2. The summed E-state index contributed by atoms with van der Waals surface area (Å²) in [7, 11) is 0. The number of rotatable bonds is 5. The number of benzene rings is 2. The first-order valence-electron chi connectivity index (χ1n) is 11.7. The Morgan fingerprint density at radius 1 is 1.00 bits per heavy atom. The maximum atomic E-state index is 13.7. The summed E-state index contributed by atoms with van der Waals surface area (Å²) >= 11 is 0. The van der Waals surface area contributed by atoms with Gasteiger partial charge in [0.05, 0.1) is 36.3 Å².